The van der Waals surface area contributed by atoms with E-state index in [4.69, 9.17) is 4.74 Å². The van der Waals surface area contributed by atoms with Gasteiger partial charge in [0.25, 0.3) is 0 Å². The first-order chi connectivity index (χ1) is 9.88. The van der Waals surface area contributed by atoms with Gasteiger partial charge >= 0.3 is 0 Å². The molecule has 20 heavy (non-hydrogen) atoms. The summed E-state index contributed by atoms with van der Waals surface area (Å²) in [6.45, 7) is 4.86. The van der Waals surface area contributed by atoms with Crippen LogP contribution in [0.1, 0.15) is 31.4 Å². The topological polar surface area (TPSA) is 39.1 Å². The fourth-order valence-corrected chi connectivity index (χ4v) is 2.82. The van der Waals surface area contributed by atoms with Crippen molar-refractivity contribution in [3.05, 3.63) is 42.5 Å². The molecular formula is C16H21N3O. The van der Waals surface area contributed by atoms with E-state index in [1.807, 2.05) is 31.6 Å². The molecule has 4 nitrogen and oxygen atoms in total. The lowest BCUT2D eigenvalue weighted by molar-refractivity contribution is 0.340. The number of ether oxygens (including phenoxy) is 1. The monoisotopic (exact) mass is 271 g/mol. The summed E-state index contributed by atoms with van der Waals surface area (Å²) < 4.78 is 7.76. The molecule has 1 aliphatic rings. The second-order valence-electron chi connectivity index (χ2n) is 5.16. The van der Waals surface area contributed by atoms with Gasteiger partial charge in [0.1, 0.15) is 5.75 Å². The molecule has 0 spiro atoms. The van der Waals surface area contributed by atoms with Crippen molar-refractivity contribution in [1.29, 1.82) is 0 Å². The van der Waals surface area contributed by atoms with Crippen molar-refractivity contribution in [3.8, 4) is 11.4 Å². The number of rotatable bonds is 4. The molecule has 1 atom stereocenters. The Bertz CT molecular complexity index is 558. The lowest BCUT2D eigenvalue weighted by Gasteiger charge is -2.23. The molecule has 3 rings (SSSR count). The Labute approximate surface area is 119 Å². The summed E-state index contributed by atoms with van der Waals surface area (Å²) in [5.74, 6) is 1.45. The van der Waals surface area contributed by atoms with Crippen LogP contribution in [-0.2, 0) is 0 Å². The number of benzene rings is 1. The fraction of sp³-hybridized carbons (Fsp3) is 0.438. The third-order valence-electron chi connectivity index (χ3n) is 3.79. The molecule has 0 radical (unpaired) electrons. The van der Waals surface area contributed by atoms with Crippen LogP contribution >= 0.6 is 0 Å². The van der Waals surface area contributed by atoms with Crippen LogP contribution in [0.4, 0.5) is 0 Å². The molecule has 1 unspecified atom stereocenters. The Morgan fingerprint density at radius 3 is 3.20 bits per heavy atom. The zero-order valence-electron chi connectivity index (χ0n) is 11.9. The van der Waals surface area contributed by atoms with E-state index in [-0.39, 0.29) is 0 Å². The maximum Gasteiger partial charge on any atom is 0.121 e. The highest BCUT2D eigenvalue weighted by Crippen LogP contribution is 2.26. The minimum Gasteiger partial charge on any atom is -0.494 e. The second-order valence-corrected chi connectivity index (χ2v) is 5.16. The average molecular weight is 271 g/mol. The summed E-state index contributed by atoms with van der Waals surface area (Å²) in [5.41, 5.74) is 2.40. The zero-order valence-corrected chi connectivity index (χ0v) is 11.9. The number of hydrogen-bond donors (Lipinski definition) is 1. The molecule has 2 heterocycles. The fourth-order valence-electron chi connectivity index (χ4n) is 2.82. The van der Waals surface area contributed by atoms with Crippen molar-refractivity contribution in [1.82, 2.24) is 14.9 Å². The van der Waals surface area contributed by atoms with E-state index in [0.29, 0.717) is 12.5 Å². The number of aromatic nitrogens is 2. The smallest absolute Gasteiger partial charge is 0.121 e. The Morgan fingerprint density at radius 2 is 2.40 bits per heavy atom. The molecule has 0 aliphatic carbocycles. The molecule has 1 N–H and O–H groups in total. The molecule has 1 aliphatic heterocycles. The maximum absolute atomic E-state index is 5.58. The summed E-state index contributed by atoms with van der Waals surface area (Å²) in [7, 11) is 0. The predicted octanol–water partition coefficient (Wildman–Crippen LogP) is 2.74. The molecule has 1 saturated heterocycles. The van der Waals surface area contributed by atoms with Crippen molar-refractivity contribution in [2.24, 2.45) is 0 Å². The summed E-state index contributed by atoms with van der Waals surface area (Å²) in [6.07, 6.45) is 6.35. The van der Waals surface area contributed by atoms with E-state index in [1.165, 1.54) is 18.5 Å². The van der Waals surface area contributed by atoms with Crippen LogP contribution in [0.2, 0.25) is 0 Å². The van der Waals surface area contributed by atoms with Crippen molar-refractivity contribution < 1.29 is 4.74 Å². The summed E-state index contributed by atoms with van der Waals surface area (Å²) in [6, 6.07) is 8.20. The molecule has 4 heteroatoms. The van der Waals surface area contributed by atoms with E-state index in [2.05, 4.69) is 27.0 Å². The van der Waals surface area contributed by atoms with Gasteiger partial charge in [0, 0.05) is 30.4 Å². The highest BCUT2D eigenvalue weighted by Gasteiger charge is 2.19. The third-order valence-corrected chi connectivity index (χ3v) is 3.79. The van der Waals surface area contributed by atoms with Gasteiger partial charge in [0.05, 0.1) is 18.6 Å². The standard InChI is InChI=1S/C16H21N3O/c1-2-20-15-7-3-6-14(9-15)19-12-18-11-16(19)13-5-4-8-17-10-13/h3,6-7,9,11-13,17H,2,4-5,8,10H2,1H3. The van der Waals surface area contributed by atoms with E-state index < -0.39 is 0 Å². The number of piperidine rings is 1. The van der Waals surface area contributed by atoms with Crippen molar-refractivity contribution in [3.63, 3.8) is 0 Å². The molecule has 1 aromatic heterocycles. The zero-order chi connectivity index (χ0) is 13.8. The van der Waals surface area contributed by atoms with Crippen LogP contribution in [0.25, 0.3) is 5.69 Å². The van der Waals surface area contributed by atoms with Gasteiger partial charge in [-0.25, -0.2) is 4.98 Å². The Hall–Kier alpha value is -1.81. The van der Waals surface area contributed by atoms with Crippen molar-refractivity contribution in [2.45, 2.75) is 25.7 Å². The number of imidazole rings is 1. The van der Waals surface area contributed by atoms with Gasteiger partial charge in [0.15, 0.2) is 0 Å². The normalized spacial score (nSPS) is 18.9. The molecule has 0 bridgehead atoms. The van der Waals surface area contributed by atoms with E-state index >= 15 is 0 Å². The summed E-state index contributed by atoms with van der Waals surface area (Å²) in [4.78, 5) is 4.34. The van der Waals surface area contributed by atoms with E-state index in [1.54, 1.807) is 0 Å². The quantitative estimate of drug-likeness (QED) is 0.929. The Balaban J connectivity index is 1.90. The van der Waals surface area contributed by atoms with E-state index in [9.17, 15) is 0 Å². The predicted molar refractivity (Wildman–Crippen MR) is 79.6 cm³/mol. The van der Waals surface area contributed by atoms with Crippen LogP contribution in [0, 0.1) is 0 Å². The maximum atomic E-state index is 5.58. The van der Waals surface area contributed by atoms with Crippen LogP contribution in [0.15, 0.2) is 36.8 Å². The molecule has 1 fully saturated rings. The first-order valence-corrected chi connectivity index (χ1v) is 7.34. The summed E-state index contributed by atoms with van der Waals surface area (Å²) >= 11 is 0. The average Bonchev–Trinajstić information content (AvgIpc) is 2.98. The van der Waals surface area contributed by atoms with Crippen LogP contribution in [0.5, 0.6) is 5.75 Å². The number of nitrogens with one attached hydrogen (secondary N) is 1. The van der Waals surface area contributed by atoms with Gasteiger partial charge < -0.3 is 14.6 Å². The lowest BCUT2D eigenvalue weighted by Crippen LogP contribution is -2.29. The number of nitrogens with zero attached hydrogens (tertiary/aromatic N) is 2. The lowest BCUT2D eigenvalue weighted by atomic mass is 9.96. The largest absolute Gasteiger partial charge is 0.494 e. The van der Waals surface area contributed by atoms with Gasteiger partial charge in [0.2, 0.25) is 0 Å². The van der Waals surface area contributed by atoms with E-state index in [0.717, 1.165) is 24.5 Å². The first kappa shape index (κ1) is 13.2. The van der Waals surface area contributed by atoms with Gasteiger partial charge in [-0.1, -0.05) is 6.07 Å². The first-order valence-electron chi connectivity index (χ1n) is 7.34. The van der Waals surface area contributed by atoms with Gasteiger partial charge in [-0.15, -0.1) is 0 Å². The molecule has 1 aromatic carbocycles. The minimum absolute atomic E-state index is 0.544. The molecule has 2 aromatic rings. The minimum atomic E-state index is 0.544. The molecular weight excluding hydrogens is 250 g/mol. The van der Waals surface area contributed by atoms with Crippen LogP contribution < -0.4 is 10.1 Å². The van der Waals surface area contributed by atoms with Gasteiger partial charge in [-0.2, -0.15) is 0 Å². The van der Waals surface area contributed by atoms with Crippen LogP contribution in [-0.4, -0.2) is 29.2 Å². The molecule has 106 valence electrons. The molecule has 0 saturated carbocycles. The highest BCUT2D eigenvalue weighted by molar-refractivity contribution is 5.41. The highest BCUT2D eigenvalue weighted by atomic mass is 16.5. The third kappa shape index (κ3) is 2.70. The SMILES string of the molecule is CCOc1cccc(-n2cncc2C2CCCNC2)c1. The Morgan fingerprint density at radius 1 is 1.45 bits per heavy atom. The van der Waals surface area contributed by atoms with Crippen molar-refractivity contribution in [2.75, 3.05) is 19.7 Å². The van der Waals surface area contributed by atoms with Crippen molar-refractivity contribution >= 4 is 0 Å². The Kier molecular flexibility index (Phi) is 4.02. The second kappa shape index (κ2) is 6.09. The molecule has 0 amide bonds. The van der Waals surface area contributed by atoms with Crippen LogP contribution in [0.3, 0.4) is 0 Å². The van der Waals surface area contributed by atoms with Gasteiger partial charge in [-0.05, 0) is 38.4 Å². The van der Waals surface area contributed by atoms with Gasteiger partial charge in [-0.3, -0.25) is 0 Å². The summed E-state index contributed by atoms with van der Waals surface area (Å²) in [5, 5.41) is 3.47. The number of hydrogen-bond acceptors (Lipinski definition) is 3.